The van der Waals surface area contributed by atoms with Gasteiger partial charge in [0, 0.05) is 5.70 Å². The van der Waals surface area contributed by atoms with Crippen LogP contribution in [0.3, 0.4) is 0 Å². The second kappa shape index (κ2) is 16.5. The number of nitrogens with zero attached hydrogens (tertiary/aromatic N) is 1. The summed E-state index contributed by atoms with van der Waals surface area (Å²) < 4.78 is 27.8. The monoisotopic (exact) mass is 706 g/mol. The molecular weight excluding hydrogens is 675 g/mol. The Morgan fingerprint density at radius 2 is 1.79 bits per heavy atom. The molecule has 4 rings (SSSR count). The molecule has 0 aliphatic carbocycles. The second-order valence-electron chi connectivity index (χ2n) is 9.99. The molecule has 1 heterocycles. The van der Waals surface area contributed by atoms with Crippen LogP contribution in [0.5, 0.6) is 23.0 Å². The van der Waals surface area contributed by atoms with Gasteiger partial charge in [0.25, 0.3) is 0 Å². The largest absolute Gasteiger partial charge is 0.493 e. The third kappa shape index (κ3) is 9.13. The van der Waals surface area contributed by atoms with Crippen molar-refractivity contribution in [1.29, 1.82) is 0 Å². The van der Waals surface area contributed by atoms with E-state index in [4.69, 9.17) is 58.5 Å². The van der Waals surface area contributed by atoms with Crippen LogP contribution in [0.25, 0.3) is 0 Å². The molecule has 0 spiro atoms. The first-order chi connectivity index (χ1) is 22.5. The number of methoxy groups -OCH3 is 2. The van der Waals surface area contributed by atoms with Crippen LogP contribution in [0, 0.1) is 0 Å². The maximum Gasteiger partial charge on any atom is 0.337 e. The van der Waals surface area contributed by atoms with Crippen LogP contribution in [0.1, 0.15) is 36.6 Å². The van der Waals surface area contributed by atoms with E-state index in [1.807, 2.05) is 0 Å². The maximum absolute atomic E-state index is 12.5. The zero-order chi connectivity index (χ0) is 34.1. The van der Waals surface area contributed by atoms with E-state index in [0.29, 0.717) is 56.5 Å². The van der Waals surface area contributed by atoms with Crippen LogP contribution >= 0.6 is 34.8 Å². The van der Waals surface area contributed by atoms with Crippen LogP contribution in [-0.4, -0.2) is 57.0 Å². The number of urea groups is 1. The van der Waals surface area contributed by atoms with Crippen molar-refractivity contribution in [1.82, 2.24) is 16.1 Å². The SMILES string of the molecule is CCOc1cc([C@@H]2NC(=O)NC(C)=C2C(=O)OC)ccc1OC[C@H](O)N/N=C\c1cc(Cl)c(OCc2ccc(Cl)c(Cl)c2)c(OC)c1. The number of ether oxygens (including phenoxy) is 5. The highest BCUT2D eigenvalue weighted by atomic mass is 35.5. The Kier molecular flexibility index (Phi) is 12.4. The summed E-state index contributed by atoms with van der Waals surface area (Å²) in [5.74, 6) is 0.804. The predicted molar refractivity (Wildman–Crippen MR) is 178 cm³/mol. The zero-order valence-electron chi connectivity index (χ0n) is 25.9. The van der Waals surface area contributed by atoms with Crippen molar-refractivity contribution in [3.63, 3.8) is 0 Å². The van der Waals surface area contributed by atoms with Gasteiger partial charge in [0.2, 0.25) is 0 Å². The van der Waals surface area contributed by atoms with E-state index in [1.165, 1.54) is 20.4 Å². The van der Waals surface area contributed by atoms with E-state index < -0.39 is 24.3 Å². The number of carbonyl (C=O) groups is 2. The predicted octanol–water partition coefficient (Wildman–Crippen LogP) is 5.75. The molecule has 0 saturated heterocycles. The summed E-state index contributed by atoms with van der Waals surface area (Å²) in [6.45, 7) is 3.72. The molecule has 1 aliphatic rings. The molecule has 12 nitrogen and oxygen atoms in total. The molecule has 0 fully saturated rings. The maximum atomic E-state index is 12.5. The van der Waals surface area contributed by atoms with Crippen molar-refractivity contribution in [3.05, 3.63) is 91.6 Å². The first-order valence-electron chi connectivity index (χ1n) is 14.2. The molecule has 15 heteroatoms. The van der Waals surface area contributed by atoms with Gasteiger partial charge in [0.15, 0.2) is 29.2 Å². The minimum absolute atomic E-state index is 0.182. The summed E-state index contributed by atoms with van der Waals surface area (Å²) in [4.78, 5) is 24.6. The molecule has 0 unspecified atom stereocenters. The van der Waals surface area contributed by atoms with Crippen LogP contribution in [0.4, 0.5) is 4.79 Å². The molecule has 2 amide bonds. The summed E-state index contributed by atoms with van der Waals surface area (Å²) in [7, 11) is 2.75. The molecule has 47 heavy (non-hydrogen) atoms. The number of hydrazone groups is 1. The van der Waals surface area contributed by atoms with Gasteiger partial charge in [0.05, 0.1) is 53.7 Å². The Labute approximate surface area is 286 Å². The quantitative estimate of drug-likeness (QED) is 0.0711. The van der Waals surface area contributed by atoms with Crippen molar-refractivity contribution in [2.75, 3.05) is 27.4 Å². The number of nitrogens with one attached hydrogen (secondary N) is 3. The normalized spacial score (nSPS) is 15.1. The van der Waals surface area contributed by atoms with Crippen molar-refractivity contribution in [2.45, 2.75) is 32.7 Å². The number of halogens is 3. The number of rotatable bonds is 14. The number of carbonyl (C=O) groups excluding carboxylic acids is 2. The van der Waals surface area contributed by atoms with E-state index in [9.17, 15) is 14.7 Å². The molecule has 4 N–H and O–H groups in total. The fourth-order valence-corrected chi connectivity index (χ4v) is 5.15. The molecule has 1 aliphatic heterocycles. The average Bonchev–Trinajstić information content (AvgIpc) is 3.04. The van der Waals surface area contributed by atoms with Gasteiger partial charge in [-0.1, -0.05) is 46.9 Å². The topological polar surface area (TPSA) is 149 Å². The number of allylic oxidation sites excluding steroid dienone is 1. The molecule has 3 aromatic rings. The third-order valence-electron chi connectivity index (χ3n) is 6.73. The minimum Gasteiger partial charge on any atom is -0.493 e. The standard InChI is InChI=1S/C32H33Cl3N4O8/c1-5-45-25-13-20(29-28(31(41)44-4)17(2)37-32(42)38-29)7-9-24(25)46-16-27(40)39-36-14-19-11-23(35)30(26(12-19)43-3)47-15-18-6-8-21(33)22(34)10-18/h6-14,27,29,39-40H,5,15-16H2,1-4H3,(H2,37,38,42)/b36-14-/t27-,29-/m0/s1. The summed E-state index contributed by atoms with van der Waals surface area (Å²) in [5, 5.41) is 21.0. The number of benzene rings is 3. The zero-order valence-corrected chi connectivity index (χ0v) is 28.1. The highest BCUT2D eigenvalue weighted by Gasteiger charge is 2.32. The molecule has 0 aromatic heterocycles. The highest BCUT2D eigenvalue weighted by Crippen LogP contribution is 2.37. The lowest BCUT2D eigenvalue weighted by molar-refractivity contribution is -0.136. The number of aliphatic hydroxyl groups is 1. The van der Waals surface area contributed by atoms with Gasteiger partial charge < -0.3 is 39.4 Å². The van der Waals surface area contributed by atoms with Crippen molar-refractivity contribution >= 4 is 53.0 Å². The molecule has 0 bridgehead atoms. The van der Waals surface area contributed by atoms with E-state index in [0.717, 1.165) is 5.56 Å². The second-order valence-corrected chi connectivity index (χ2v) is 11.2. The third-order valence-corrected chi connectivity index (χ3v) is 7.75. The van der Waals surface area contributed by atoms with E-state index in [1.54, 1.807) is 62.4 Å². The fourth-order valence-electron chi connectivity index (χ4n) is 4.56. The smallest absolute Gasteiger partial charge is 0.337 e. The molecule has 0 radical (unpaired) electrons. The van der Waals surface area contributed by atoms with Crippen molar-refractivity contribution in [3.8, 4) is 23.0 Å². The minimum atomic E-state index is -1.20. The van der Waals surface area contributed by atoms with Gasteiger partial charge in [-0.15, -0.1) is 0 Å². The van der Waals surface area contributed by atoms with Crippen molar-refractivity contribution < 1.29 is 38.4 Å². The van der Waals surface area contributed by atoms with Crippen LogP contribution in [-0.2, 0) is 16.1 Å². The van der Waals surface area contributed by atoms with E-state index in [2.05, 4.69) is 21.2 Å². The lowest BCUT2D eigenvalue weighted by Gasteiger charge is -2.28. The summed E-state index contributed by atoms with van der Waals surface area (Å²) >= 11 is 18.5. The number of amides is 2. The van der Waals surface area contributed by atoms with Crippen molar-refractivity contribution in [2.24, 2.45) is 5.10 Å². The lowest BCUT2D eigenvalue weighted by atomic mass is 9.95. The summed E-state index contributed by atoms with van der Waals surface area (Å²) in [6.07, 6.45) is 0.245. The van der Waals surface area contributed by atoms with Gasteiger partial charge in [-0.25, -0.2) is 9.59 Å². The molecule has 3 aromatic carbocycles. The van der Waals surface area contributed by atoms with E-state index >= 15 is 0 Å². The van der Waals surface area contributed by atoms with Crippen LogP contribution in [0.2, 0.25) is 15.1 Å². The molecule has 250 valence electrons. The summed E-state index contributed by atoms with van der Waals surface area (Å²) in [6, 6.07) is 12.2. The number of hydrogen-bond acceptors (Lipinski definition) is 10. The lowest BCUT2D eigenvalue weighted by Crippen LogP contribution is -2.45. The molecule has 0 saturated carbocycles. The van der Waals surface area contributed by atoms with Crippen LogP contribution < -0.4 is 35.0 Å². The molecular formula is C32H33Cl3N4O8. The Balaban J connectivity index is 1.39. The first-order valence-corrected chi connectivity index (χ1v) is 15.3. The number of esters is 1. The number of hydrogen-bond donors (Lipinski definition) is 4. The first kappa shape index (κ1) is 35.5. The average molecular weight is 708 g/mol. The van der Waals surface area contributed by atoms with Gasteiger partial charge in [0.1, 0.15) is 13.2 Å². The van der Waals surface area contributed by atoms with E-state index in [-0.39, 0.29) is 23.8 Å². The molecule has 2 atom stereocenters. The van der Waals surface area contributed by atoms with Gasteiger partial charge in [-0.05, 0) is 66.9 Å². The van der Waals surface area contributed by atoms with Gasteiger partial charge in [-0.2, -0.15) is 5.10 Å². The Morgan fingerprint density at radius 1 is 1.00 bits per heavy atom. The Hall–Kier alpha value is -4.36. The Bertz CT molecular complexity index is 1680. The Morgan fingerprint density at radius 3 is 2.49 bits per heavy atom. The van der Waals surface area contributed by atoms with Gasteiger partial charge in [-0.3, -0.25) is 5.43 Å². The highest BCUT2D eigenvalue weighted by molar-refractivity contribution is 6.42. The summed E-state index contributed by atoms with van der Waals surface area (Å²) in [5.41, 5.74) is 5.16. The van der Waals surface area contributed by atoms with Crippen LogP contribution in [0.15, 0.2) is 64.9 Å². The fraction of sp³-hybridized carbons (Fsp3) is 0.281. The number of aliphatic hydroxyl groups excluding tert-OH is 1. The van der Waals surface area contributed by atoms with Gasteiger partial charge >= 0.3 is 12.0 Å².